The minimum absolute atomic E-state index is 0.161. The van der Waals surface area contributed by atoms with Crippen LogP contribution in [0.4, 0.5) is 4.39 Å². The van der Waals surface area contributed by atoms with Crippen molar-refractivity contribution in [1.82, 2.24) is 0 Å². The first kappa shape index (κ1) is 11.0. The zero-order valence-electron chi connectivity index (χ0n) is 10.2. The summed E-state index contributed by atoms with van der Waals surface area (Å²) in [5.41, 5.74) is 2.63. The average Bonchev–Trinajstić information content (AvgIpc) is 2.39. The van der Waals surface area contributed by atoms with E-state index in [1.165, 1.54) is 6.07 Å². The Bertz CT molecular complexity index is 688. The quantitative estimate of drug-likeness (QED) is 0.560. The summed E-state index contributed by atoms with van der Waals surface area (Å²) >= 11 is 0. The molecule has 0 aliphatic carbocycles. The smallest absolute Gasteiger partial charge is 0.131 e. The van der Waals surface area contributed by atoms with Crippen molar-refractivity contribution < 1.29 is 4.39 Å². The third-order valence-electron chi connectivity index (χ3n) is 3.28. The van der Waals surface area contributed by atoms with E-state index in [1.54, 1.807) is 6.07 Å². The SMILES string of the molecule is Cc1cccc(F)c1-c1cccc2ccccc12. The van der Waals surface area contributed by atoms with Crippen LogP contribution >= 0.6 is 0 Å². The van der Waals surface area contributed by atoms with Gasteiger partial charge in [-0.1, -0.05) is 54.6 Å². The van der Waals surface area contributed by atoms with Crippen LogP contribution in [0, 0.1) is 12.7 Å². The minimum Gasteiger partial charge on any atom is -0.206 e. The van der Waals surface area contributed by atoms with Crippen LogP contribution in [0.25, 0.3) is 21.9 Å². The van der Waals surface area contributed by atoms with Gasteiger partial charge in [-0.25, -0.2) is 4.39 Å². The highest BCUT2D eigenvalue weighted by molar-refractivity contribution is 5.97. The van der Waals surface area contributed by atoms with Gasteiger partial charge in [0.15, 0.2) is 0 Å². The topological polar surface area (TPSA) is 0 Å². The Kier molecular flexibility index (Phi) is 2.60. The first-order valence-corrected chi connectivity index (χ1v) is 6.00. The maximum atomic E-state index is 14.1. The summed E-state index contributed by atoms with van der Waals surface area (Å²) in [4.78, 5) is 0. The van der Waals surface area contributed by atoms with Crippen LogP contribution in [0.2, 0.25) is 0 Å². The fourth-order valence-corrected chi connectivity index (χ4v) is 2.42. The molecule has 0 atom stereocenters. The molecular weight excluding hydrogens is 223 g/mol. The van der Waals surface area contributed by atoms with Crippen LogP contribution in [0.15, 0.2) is 60.7 Å². The molecule has 3 aromatic rings. The van der Waals surface area contributed by atoms with Gasteiger partial charge in [-0.3, -0.25) is 0 Å². The molecule has 88 valence electrons. The van der Waals surface area contributed by atoms with Crippen molar-refractivity contribution in [1.29, 1.82) is 0 Å². The zero-order valence-corrected chi connectivity index (χ0v) is 10.2. The maximum absolute atomic E-state index is 14.1. The third-order valence-corrected chi connectivity index (χ3v) is 3.28. The van der Waals surface area contributed by atoms with E-state index in [0.29, 0.717) is 5.56 Å². The number of hydrogen-bond donors (Lipinski definition) is 0. The Hall–Kier alpha value is -2.15. The van der Waals surface area contributed by atoms with Crippen molar-refractivity contribution in [3.05, 3.63) is 72.0 Å². The molecule has 0 spiro atoms. The van der Waals surface area contributed by atoms with Gasteiger partial charge in [0.25, 0.3) is 0 Å². The standard InChI is InChI=1S/C17H13F/c1-12-6-4-11-16(18)17(12)15-10-5-8-13-7-2-3-9-14(13)15/h2-11H,1H3. The molecule has 0 unspecified atom stereocenters. The summed E-state index contributed by atoms with van der Waals surface area (Å²) < 4.78 is 14.1. The van der Waals surface area contributed by atoms with E-state index in [1.807, 2.05) is 43.3 Å². The second kappa shape index (κ2) is 4.26. The van der Waals surface area contributed by atoms with E-state index in [-0.39, 0.29) is 5.82 Å². The molecule has 0 saturated carbocycles. The summed E-state index contributed by atoms with van der Waals surface area (Å²) in [6.45, 7) is 1.94. The number of aryl methyl sites for hydroxylation is 1. The van der Waals surface area contributed by atoms with Crippen LogP contribution in [0.1, 0.15) is 5.56 Å². The van der Waals surface area contributed by atoms with Crippen LogP contribution in [0.3, 0.4) is 0 Å². The lowest BCUT2D eigenvalue weighted by Crippen LogP contribution is -1.89. The lowest BCUT2D eigenvalue weighted by Gasteiger charge is -2.10. The van der Waals surface area contributed by atoms with E-state index >= 15 is 0 Å². The van der Waals surface area contributed by atoms with Gasteiger partial charge in [0, 0.05) is 5.56 Å². The van der Waals surface area contributed by atoms with Crippen LogP contribution in [0.5, 0.6) is 0 Å². The van der Waals surface area contributed by atoms with E-state index in [0.717, 1.165) is 21.9 Å². The van der Waals surface area contributed by atoms with E-state index in [4.69, 9.17) is 0 Å². The fourth-order valence-electron chi connectivity index (χ4n) is 2.42. The van der Waals surface area contributed by atoms with Crippen molar-refractivity contribution >= 4 is 10.8 Å². The molecule has 0 bridgehead atoms. The van der Waals surface area contributed by atoms with Gasteiger partial charge in [-0.05, 0) is 34.9 Å². The molecule has 0 heterocycles. The highest BCUT2D eigenvalue weighted by atomic mass is 19.1. The molecule has 0 nitrogen and oxygen atoms in total. The van der Waals surface area contributed by atoms with Gasteiger partial charge in [0.2, 0.25) is 0 Å². The van der Waals surface area contributed by atoms with Crippen molar-refractivity contribution in [3.63, 3.8) is 0 Å². The summed E-state index contributed by atoms with van der Waals surface area (Å²) in [5.74, 6) is -0.161. The number of hydrogen-bond acceptors (Lipinski definition) is 0. The van der Waals surface area contributed by atoms with Gasteiger partial charge in [-0.2, -0.15) is 0 Å². The monoisotopic (exact) mass is 236 g/mol. The molecule has 0 aliphatic rings. The van der Waals surface area contributed by atoms with E-state index in [2.05, 4.69) is 12.1 Å². The van der Waals surface area contributed by atoms with Crippen LogP contribution in [-0.4, -0.2) is 0 Å². The molecule has 3 rings (SSSR count). The summed E-state index contributed by atoms with van der Waals surface area (Å²) in [7, 11) is 0. The Morgan fingerprint density at radius 1 is 0.778 bits per heavy atom. The van der Waals surface area contributed by atoms with E-state index in [9.17, 15) is 4.39 Å². The summed E-state index contributed by atoms with van der Waals surface area (Å²) in [6.07, 6.45) is 0. The Balaban J connectivity index is 2.39. The van der Waals surface area contributed by atoms with Gasteiger partial charge >= 0.3 is 0 Å². The van der Waals surface area contributed by atoms with Gasteiger partial charge in [0.1, 0.15) is 5.82 Å². The predicted molar refractivity (Wildman–Crippen MR) is 74.1 cm³/mol. The highest BCUT2D eigenvalue weighted by Gasteiger charge is 2.10. The zero-order chi connectivity index (χ0) is 12.5. The summed E-state index contributed by atoms with van der Waals surface area (Å²) in [5, 5.41) is 2.23. The minimum atomic E-state index is -0.161. The first-order valence-electron chi connectivity index (χ1n) is 6.00. The number of benzene rings is 3. The molecule has 0 N–H and O–H groups in total. The normalized spacial score (nSPS) is 10.8. The molecular formula is C17H13F. The average molecular weight is 236 g/mol. The highest BCUT2D eigenvalue weighted by Crippen LogP contribution is 2.32. The molecule has 0 radical (unpaired) electrons. The predicted octanol–water partition coefficient (Wildman–Crippen LogP) is 4.95. The number of rotatable bonds is 1. The molecule has 18 heavy (non-hydrogen) atoms. The summed E-state index contributed by atoms with van der Waals surface area (Å²) in [6, 6.07) is 19.3. The molecule has 0 aromatic heterocycles. The van der Waals surface area contributed by atoms with Crippen molar-refractivity contribution in [2.75, 3.05) is 0 Å². The Morgan fingerprint density at radius 2 is 1.50 bits per heavy atom. The molecule has 3 aromatic carbocycles. The second-order valence-corrected chi connectivity index (χ2v) is 4.46. The van der Waals surface area contributed by atoms with Crippen molar-refractivity contribution in [2.45, 2.75) is 6.92 Å². The molecule has 0 fully saturated rings. The van der Waals surface area contributed by atoms with Crippen LogP contribution in [-0.2, 0) is 0 Å². The Morgan fingerprint density at radius 3 is 2.33 bits per heavy atom. The second-order valence-electron chi connectivity index (χ2n) is 4.46. The molecule has 1 heteroatoms. The molecule has 0 saturated heterocycles. The lowest BCUT2D eigenvalue weighted by atomic mass is 9.95. The van der Waals surface area contributed by atoms with Crippen molar-refractivity contribution in [2.24, 2.45) is 0 Å². The van der Waals surface area contributed by atoms with Gasteiger partial charge in [0.05, 0.1) is 0 Å². The van der Waals surface area contributed by atoms with Gasteiger partial charge in [-0.15, -0.1) is 0 Å². The first-order chi connectivity index (χ1) is 8.77. The number of fused-ring (bicyclic) bond motifs is 1. The maximum Gasteiger partial charge on any atom is 0.131 e. The van der Waals surface area contributed by atoms with E-state index < -0.39 is 0 Å². The number of halogens is 1. The van der Waals surface area contributed by atoms with Crippen LogP contribution < -0.4 is 0 Å². The van der Waals surface area contributed by atoms with Crippen molar-refractivity contribution in [3.8, 4) is 11.1 Å². The fraction of sp³-hybridized carbons (Fsp3) is 0.0588. The Labute approximate surface area is 106 Å². The lowest BCUT2D eigenvalue weighted by molar-refractivity contribution is 0.630. The molecule has 0 aliphatic heterocycles. The van der Waals surface area contributed by atoms with Gasteiger partial charge < -0.3 is 0 Å². The molecule has 0 amide bonds. The largest absolute Gasteiger partial charge is 0.206 e. The third kappa shape index (κ3) is 1.68.